The predicted octanol–water partition coefficient (Wildman–Crippen LogP) is 9.71. The molecule has 2 aliphatic heterocycles. The van der Waals surface area contributed by atoms with Crippen molar-refractivity contribution in [3.8, 4) is 0 Å². The first kappa shape index (κ1) is 73.4. The van der Waals surface area contributed by atoms with Gasteiger partial charge in [-0.15, -0.1) is 0 Å². The van der Waals surface area contributed by atoms with Crippen LogP contribution in [0.2, 0.25) is 0 Å². The molecule has 2 saturated heterocycles. The molecule has 21 nitrogen and oxygen atoms in total. The van der Waals surface area contributed by atoms with Crippen molar-refractivity contribution in [1.29, 1.82) is 0 Å². The average Bonchev–Trinajstić information content (AvgIpc) is 3.43. The molecule has 2 rings (SSSR count). The van der Waals surface area contributed by atoms with Gasteiger partial charge in [0, 0.05) is 33.9 Å². The number of hydrogen-bond donors (Lipinski definition) is 7. The molecule has 0 aliphatic carbocycles. The number of phosphoric ester groups is 2. The Morgan fingerprint density at radius 1 is 0.544 bits per heavy atom. The standard InChI is InChI=1S/C56H106N2O19P2/c1-7-10-13-16-18-20-21-22-23-24-25-26-27-30-33-36-47(60)57-50-54(72-39-37-44(70-6)35-32-29-15-12-9-3)52(76-78(63,64)65)46(41-69-5)75-55(50)73-42-45-51(62)53(71-38-34-31-28-19-17-14-11-8-2)49(58-48(61)40-43(4)59)56(74-45)77-79(66,67)68/h20-21,44-46,49-56,62H,7-19,22-42H2,1-6H3,(H,57,60)(H,58,61)(H2,63,64,65)(H2,66,67,68)/b21-20-. The van der Waals surface area contributed by atoms with Crippen molar-refractivity contribution in [2.45, 2.75) is 288 Å². The van der Waals surface area contributed by atoms with Gasteiger partial charge < -0.3 is 68.5 Å². The van der Waals surface area contributed by atoms with Gasteiger partial charge in [0.05, 0.1) is 25.7 Å². The van der Waals surface area contributed by atoms with Crippen LogP contribution in [0.4, 0.5) is 0 Å². The van der Waals surface area contributed by atoms with E-state index in [-0.39, 0.29) is 32.3 Å². The van der Waals surface area contributed by atoms with E-state index in [0.717, 1.165) is 135 Å². The molecule has 0 radical (unpaired) electrons. The fourth-order valence-electron chi connectivity index (χ4n) is 10.0. The molecule has 2 amide bonds. The number of phosphoric acid groups is 2. The van der Waals surface area contributed by atoms with Gasteiger partial charge in [-0.2, -0.15) is 0 Å². The highest BCUT2D eigenvalue weighted by Crippen LogP contribution is 2.44. The van der Waals surface area contributed by atoms with Crippen molar-refractivity contribution in [2.75, 3.05) is 40.6 Å². The van der Waals surface area contributed by atoms with Crippen LogP contribution in [0, 0.1) is 0 Å². The SMILES string of the molecule is CCCCCC/C=C\CCCCCCCCCC(=O)NC1C(OCC2OC(OP(=O)(O)O)C(NC(=O)CC(C)=O)C(OCCCCCCCCCC)C2O)OC(COC)C(OP(=O)(O)O)C1OCCC(CCCCCCC)OC. The number of carbonyl (C=O) groups excluding carboxylic acids is 3. The summed E-state index contributed by atoms with van der Waals surface area (Å²) in [5, 5.41) is 17.5. The van der Waals surface area contributed by atoms with E-state index in [4.69, 9.17) is 42.2 Å². The molecule has 2 fully saturated rings. The van der Waals surface area contributed by atoms with Crippen molar-refractivity contribution in [2.24, 2.45) is 0 Å². The van der Waals surface area contributed by atoms with Crippen LogP contribution >= 0.6 is 15.6 Å². The Balaban J connectivity index is 2.43. The fraction of sp³-hybridized carbons (Fsp3) is 0.911. The molecule has 23 heteroatoms. The first-order valence-electron chi connectivity index (χ1n) is 29.9. The van der Waals surface area contributed by atoms with E-state index in [0.29, 0.717) is 19.3 Å². The summed E-state index contributed by atoms with van der Waals surface area (Å²) in [4.78, 5) is 79.6. The Morgan fingerprint density at radius 2 is 1.04 bits per heavy atom. The Bertz CT molecular complexity index is 1720. The lowest BCUT2D eigenvalue weighted by Gasteiger charge is -2.47. The second-order valence-electron chi connectivity index (χ2n) is 21.4. The molecular weight excluding hydrogens is 1070 g/mol. The van der Waals surface area contributed by atoms with Gasteiger partial charge in [0.25, 0.3) is 0 Å². The molecule has 464 valence electrons. The van der Waals surface area contributed by atoms with Crippen molar-refractivity contribution < 1.29 is 90.4 Å². The minimum atomic E-state index is -5.36. The van der Waals surface area contributed by atoms with Crippen LogP contribution in [0.5, 0.6) is 0 Å². The van der Waals surface area contributed by atoms with E-state index in [1.807, 2.05) is 0 Å². The van der Waals surface area contributed by atoms with Crippen molar-refractivity contribution in [1.82, 2.24) is 10.6 Å². The van der Waals surface area contributed by atoms with Crippen LogP contribution in [-0.4, -0.2) is 150 Å². The van der Waals surface area contributed by atoms with E-state index in [1.165, 1.54) is 39.7 Å². The molecule has 0 spiro atoms. The molecule has 0 aromatic heterocycles. The van der Waals surface area contributed by atoms with Crippen molar-refractivity contribution in [3.63, 3.8) is 0 Å². The van der Waals surface area contributed by atoms with Gasteiger partial charge in [0.1, 0.15) is 54.5 Å². The van der Waals surface area contributed by atoms with Crippen LogP contribution in [0.15, 0.2) is 12.2 Å². The first-order valence-corrected chi connectivity index (χ1v) is 33.0. The van der Waals surface area contributed by atoms with E-state index >= 15 is 0 Å². The topological polar surface area (TPSA) is 294 Å². The van der Waals surface area contributed by atoms with E-state index in [1.54, 1.807) is 7.11 Å². The van der Waals surface area contributed by atoms with Gasteiger partial charge in [-0.05, 0) is 58.3 Å². The summed E-state index contributed by atoms with van der Waals surface area (Å²) < 4.78 is 78.2. The first-order chi connectivity index (χ1) is 37.9. The smallest absolute Gasteiger partial charge is 0.388 e. The minimum absolute atomic E-state index is 0.00768. The number of methoxy groups -OCH3 is 2. The molecule has 7 N–H and O–H groups in total. The Kier molecular flexibility index (Phi) is 40.7. The lowest BCUT2D eigenvalue weighted by atomic mass is 9.95. The van der Waals surface area contributed by atoms with E-state index < -0.39 is 108 Å². The number of aliphatic hydroxyl groups is 1. The van der Waals surface area contributed by atoms with Gasteiger partial charge in [0.15, 0.2) is 12.6 Å². The van der Waals surface area contributed by atoms with Crippen LogP contribution in [0.25, 0.3) is 0 Å². The fourth-order valence-corrected chi connectivity index (χ4v) is 11.1. The number of hydrogen-bond acceptors (Lipinski definition) is 15. The highest BCUT2D eigenvalue weighted by Gasteiger charge is 2.53. The summed E-state index contributed by atoms with van der Waals surface area (Å²) in [7, 11) is -7.66. The number of rotatable bonds is 49. The summed E-state index contributed by atoms with van der Waals surface area (Å²) in [5.74, 6) is -1.75. The third kappa shape index (κ3) is 34.0. The summed E-state index contributed by atoms with van der Waals surface area (Å²) in [6.45, 7) is 6.89. The number of aliphatic hydroxyl groups excluding tert-OH is 1. The second-order valence-corrected chi connectivity index (χ2v) is 23.8. The number of amides is 2. The molecule has 0 saturated carbocycles. The van der Waals surface area contributed by atoms with Gasteiger partial charge in [-0.3, -0.25) is 23.4 Å². The van der Waals surface area contributed by atoms with Crippen LogP contribution in [0.3, 0.4) is 0 Å². The second kappa shape index (κ2) is 43.8. The monoisotopic (exact) mass is 1170 g/mol. The maximum absolute atomic E-state index is 14.0. The summed E-state index contributed by atoms with van der Waals surface area (Å²) >= 11 is 0. The zero-order valence-corrected chi connectivity index (χ0v) is 50.7. The molecule has 0 aromatic rings. The third-order valence-corrected chi connectivity index (χ3v) is 15.3. The van der Waals surface area contributed by atoms with Crippen molar-refractivity contribution >= 4 is 33.2 Å². The lowest BCUT2D eigenvalue weighted by Crippen LogP contribution is -2.67. The maximum atomic E-state index is 14.0. The number of ketones is 1. The Morgan fingerprint density at radius 3 is 1.59 bits per heavy atom. The summed E-state index contributed by atoms with van der Waals surface area (Å²) in [6.07, 6.45) is 19.9. The highest BCUT2D eigenvalue weighted by molar-refractivity contribution is 7.46. The number of unbranched alkanes of at least 4 members (excludes halogenated alkanes) is 22. The van der Waals surface area contributed by atoms with Crippen molar-refractivity contribution in [3.05, 3.63) is 12.2 Å². The van der Waals surface area contributed by atoms with Crippen LogP contribution < -0.4 is 10.6 Å². The molecule has 0 aromatic carbocycles. The van der Waals surface area contributed by atoms with E-state index in [2.05, 4.69) is 43.6 Å². The number of ether oxygens (including phenoxy) is 7. The predicted molar refractivity (Wildman–Crippen MR) is 301 cm³/mol. The minimum Gasteiger partial charge on any atom is -0.388 e. The molecule has 11 atom stereocenters. The molecule has 2 aliphatic rings. The Labute approximate surface area is 473 Å². The number of carbonyl (C=O) groups is 3. The molecule has 2 heterocycles. The Hall–Kier alpha value is -1.75. The van der Waals surface area contributed by atoms with Gasteiger partial charge >= 0.3 is 15.6 Å². The molecule has 0 bridgehead atoms. The lowest BCUT2D eigenvalue weighted by molar-refractivity contribution is -0.301. The molecular formula is C56H106N2O19P2. The maximum Gasteiger partial charge on any atom is 0.472 e. The molecule has 79 heavy (non-hydrogen) atoms. The third-order valence-electron chi connectivity index (χ3n) is 14.3. The van der Waals surface area contributed by atoms with E-state index in [9.17, 15) is 48.2 Å². The van der Waals surface area contributed by atoms with Gasteiger partial charge in [-0.25, -0.2) is 9.13 Å². The highest BCUT2D eigenvalue weighted by atomic mass is 31.2. The largest absolute Gasteiger partial charge is 0.472 e. The normalized spacial score (nSPS) is 24.2. The number of allylic oxidation sites excluding steroid dienone is 2. The summed E-state index contributed by atoms with van der Waals surface area (Å²) in [6, 6.07) is -2.83. The van der Waals surface area contributed by atoms with Gasteiger partial charge in [-0.1, -0.05) is 161 Å². The van der Waals surface area contributed by atoms with Gasteiger partial charge in [0.2, 0.25) is 11.8 Å². The number of nitrogens with one attached hydrogen (secondary N) is 2. The number of Topliss-reactive ketones (excluding diaryl/α,β-unsaturated/α-hetero) is 1. The quantitative estimate of drug-likeness (QED) is 0.0129. The van der Waals surface area contributed by atoms with Crippen LogP contribution in [0.1, 0.15) is 220 Å². The average molecular weight is 1170 g/mol. The van der Waals surface area contributed by atoms with Crippen LogP contribution in [-0.2, 0) is 65.7 Å². The zero-order chi connectivity index (χ0) is 58.3. The summed E-state index contributed by atoms with van der Waals surface area (Å²) in [5.41, 5.74) is 0. The zero-order valence-electron chi connectivity index (χ0n) is 48.9. The molecule has 11 unspecified atom stereocenters.